The van der Waals surface area contributed by atoms with Crippen molar-refractivity contribution in [1.29, 1.82) is 0 Å². The maximum absolute atomic E-state index is 12.6. The van der Waals surface area contributed by atoms with Gasteiger partial charge < -0.3 is 0 Å². The third-order valence-corrected chi connectivity index (χ3v) is 8.19. The van der Waals surface area contributed by atoms with Crippen LogP contribution in [0.15, 0.2) is 46.0 Å². The summed E-state index contributed by atoms with van der Waals surface area (Å²) < 4.78 is 28.1. The van der Waals surface area contributed by atoms with Gasteiger partial charge in [0.1, 0.15) is 0 Å². The second kappa shape index (κ2) is 8.18. The van der Waals surface area contributed by atoms with E-state index in [2.05, 4.69) is 28.7 Å². The Morgan fingerprint density at radius 1 is 1.24 bits per heavy atom. The van der Waals surface area contributed by atoms with E-state index in [1.165, 1.54) is 0 Å². The monoisotopic (exact) mass is 398 g/mol. The van der Waals surface area contributed by atoms with Crippen LogP contribution in [0.4, 0.5) is 0 Å². The van der Waals surface area contributed by atoms with Crippen LogP contribution in [0.1, 0.15) is 31.4 Å². The first kappa shape index (κ1) is 18.9. The van der Waals surface area contributed by atoms with E-state index in [0.717, 1.165) is 48.7 Å². The van der Waals surface area contributed by atoms with Crippen molar-refractivity contribution in [2.45, 2.75) is 30.0 Å². The molecule has 7 heteroatoms. The van der Waals surface area contributed by atoms with Crippen LogP contribution < -0.4 is 4.72 Å². The molecule has 0 amide bonds. The maximum Gasteiger partial charge on any atom is 0.251 e. The van der Waals surface area contributed by atoms with E-state index >= 15 is 0 Å². The molecular formula is C18H23ClN2O2S2. The van der Waals surface area contributed by atoms with Crippen LogP contribution in [0.25, 0.3) is 0 Å². The molecule has 4 nitrogen and oxygen atoms in total. The quantitative estimate of drug-likeness (QED) is 0.795. The molecule has 1 aliphatic heterocycles. The largest absolute Gasteiger partial charge is 0.295 e. The number of piperidine rings is 1. The van der Waals surface area contributed by atoms with Gasteiger partial charge in [-0.1, -0.05) is 48.9 Å². The van der Waals surface area contributed by atoms with Gasteiger partial charge in [0.05, 0.1) is 5.02 Å². The minimum Gasteiger partial charge on any atom is -0.295 e. The lowest BCUT2D eigenvalue weighted by molar-refractivity contribution is 0.139. The summed E-state index contributed by atoms with van der Waals surface area (Å²) in [6.07, 6.45) is 2.29. The van der Waals surface area contributed by atoms with Gasteiger partial charge in [0.15, 0.2) is 4.21 Å². The molecule has 3 rings (SSSR count). The number of nitrogens with zero attached hydrogens (tertiary/aromatic N) is 1. The Labute approximate surface area is 158 Å². The highest BCUT2D eigenvalue weighted by molar-refractivity contribution is 7.91. The second-order valence-electron chi connectivity index (χ2n) is 6.55. The average Bonchev–Trinajstić information content (AvgIpc) is 3.04. The van der Waals surface area contributed by atoms with Gasteiger partial charge >= 0.3 is 0 Å². The Kier molecular flexibility index (Phi) is 6.17. The summed E-state index contributed by atoms with van der Waals surface area (Å²) in [5, 5.41) is 1.97. The molecule has 1 N–H and O–H groups in total. The fourth-order valence-corrected chi connectivity index (χ4v) is 5.97. The maximum atomic E-state index is 12.6. The number of sulfonamides is 1. The van der Waals surface area contributed by atoms with Crippen LogP contribution in [0.3, 0.4) is 0 Å². The molecule has 0 saturated carbocycles. The minimum atomic E-state index is -3.59. The molecule has 1 fully saturated rings. The Balaban J connectivity index is 1.77. The van der Waals surface area contributed by atoms with E-state index < -0.39 is 10.0 Å². The van der Waals surface area contributed by atoms with Crippen molar-refractivity contribution in [3.8, 4) is 0 Å². The number of rotatable bonds is 6. The van der Waals surface area contributed by atoms with Crippen molar-refractivity contribution < 1.29 is 8.42 Å². The molecule has 0 bridgehead atoms. The zero-order valence-corrected chi connectivity index (χ0v) is 16.6. The third kappa shape index (κ3) is 4.63. The first-order valence-electron chi connectivity index (χ1n) is 8.49. The number of benzene rings is 1. The van der Waals surface area contributed by atoms with Gasteiger partial charge in [-0.05, 0) is 48.9 Å². The number of hydrogen-bond donors (Lipinski definition) is 1. The minimum absolute atomic E-state index is 0.0298. The highest BCUT2D eigenvalue weighted by atomic mass is 35.5. The Morgan fingerprint density at radius 3 is 2.52 bits per heavy atom. The lowest BCUT2D eigenvalue weighted by Crippen LogP contribution is -2.41. The molecule has 0 radical (unpaired) electrons. The fraction of sp³-hybridized carbons (Fsp3) is 0.444. The van der Waals surface area contributed by atoms with Crippen LogP contribution in [-0.2, 0) is 10.0 Å². The Bertz CT molecular complexity index is 784. The molecule has 1 aromatic heterocycles. The normalized spacial score (nSPS) is 18.3. The molecule has 1 unspecified atom stereocenters. The number of hydrogen-bond acceptors (Lipinski definition) is 4. The molecule has 0 aliphatic carbocycles. The molecule has 2 heterocycles. The molecule has 136 valence electrons. The van der Waals surface area contributed by atoms with Gasteiger partial charge in [0.25, 0.3) is 10.0 Å². The predicted octanol–water partition coefficient (Wildman–Crippen LogP) is 4.15. The molecular weight excluding hydrogens is 376 g/mol. The summed E-state index contributed by atoms with van der Waals surface area (Å²) in [5.41, 5.74) is 1.14. The van der Waals surface area contributed by atoms with E-state index in [4.69, 9.17) is 11.6 Å². The zero-order valence-electron chi connectivity index (χ0n) is 14.2. The summed E-state index contributed by atoms with van der Waals surface area (Å²) in [4.78, 5) is 2.38. The van der Waals surface area contributed by atoms with Crippen LogP contribution in [-0.4, -0.2) is 33.0 Å². The lowest BCUT2D eigenvalue weighted by Gasteiger charge is -2.37. The average molecular weight is 399 g/mol. The van der Waals surface area contributed by atoms with Gasteiger partial charge in [0, 0.05) is 12.6 Å². The first-order valence-corrected chi connectivity index (χ1v) is 11.2. The smallest absolute Gasteiger partial charge is 0.251 e. The number of nitrogens with one attached hydrogen (secondary N) is 1. The molecule has 1 atom stereocenters. The van der Waals surface area contributed by atoms with Crippen molar-refractivity contribution in [2.24, 2.45) is 5.92 Å². The van der Waals surface area contributed by atoms with Crippen LogP contribution >= 0.6 is 22.9 Å². The topological polar surface area (TPSA) is 49.4 Å². The van der Waals surface area contributed by atoms with Gasteiger partial charge in [-0.25, -0.2) is 13.1 Å². The molecule has 25 heavy (non-hydrogen) atoms. The van der Waals surface area contributed by atoms with E-state index in [0.29, 0.717) is 6.54 Å². The third-order valence-electron chi connectivity index (χ3n) is 4.74. The highest BCUT2D eigenvalue weighted by Gasteiger charge is 2.27. The molecule has 0 spiro atoms. The van der Waals surface area contributed by atoms with E-state index in [-0.39, 0.29) is 15.3 Å². The van der Waals surface area contributed by atoms with E-state index in [9.17, 15) is 8.42 Å². The van der Waals surface area contributed by atoms with Gasteiger partial charge in [0.2, 0.25) is 0 Å². The van der Waals surface area contributed by atoms with Crippen molar-refractivity contribution in [1.82, 2.24) is 9.62 Å². The summed E-state index contributed by atoms with van der Waals surface area (Å²) >= 11 is 7.15. The highest BCUT2D eigenvalue weighted by Crippen LogP contribution is 2.29. The summed E-state index contributed by atoms with van der Waals surface area (Å²) in [6.45, 7) is 4.59. The van der Waals surface area contributed by atoms with Crippen LogP contribution in [0, 0.1) is 5.92 Å². The van der Waals surface area contributed by atoms with Gasteiger partial charge in [-0.15, -0.1) is 11.3 Å². The summed E-state index contributed by atoms with van der Waals surface area (Å²) in [6, 6.07) is 11.8. The van der Waals surface area contributed by atoms with Gasteiger partial charge in [-0.2, -0.15) is 0 Å². The first-order chi connectivity index (χ1) is 12.0. The zero-order chi connectivity index (χ0) is 17.9. The molecule has 1 aliphatic rings. The van der Waals surface area contributed by atoms with Crippen LogP contribution in [0.2, 0.25) is 5.02 Å². The summed E-state index contributed by atoms with van der Waals surface area (Å²) in [5.74, 6) is 0.731. The lowest BCUT2D eigenvalue weighted by atomic mass is 9.96. The fourth-order valence-electron chi connectivity index (χ4n) is 3.20. The number of thiophene rings is 1. The second-order valence-corrected chi connectivity index (χ2v) is 9.84. The molecule has 2 aromatic rings. The summed E-state index contributed by atoms with van der Waals surface area (Å²) in [7, 11) is -3.59. The van der Waals surface area contributed by atoms with E-state index in [1.54, 1.807) is 11.4 Å². The van der Waals surface area contributed by atoms with Crippen molar-refractivity contribution in [3.63, 3.8) is 0 Å². The van der Waals surface area contributed by atoms with Crippen LogP contribution in [0.5, 0.6) is 0 Å². The Morgan fingerprint density at radius 2 is 1.92 bits per heavy atom. The standard InChI is InChI=1S/C18H23ClN2O2S2/c1-14-7-10-21(11-8-14)17(15-5-3-2-4-6-15)13-20-25(22,23)18-16(19)9-12-24-18/h2-6,9,12,14,17,20H,7-8,10-11,13H2,1H3. The van der Waals surface area contributed by atoms with Crippen molar-refractivity contribution >= 4 is 33.0 Å². The predicted molar refractivity (Wildman–Crippen MR) is 104 cm³/mol. The number of likely N-dealkylation sites (tertiary alicyclic amines) is 1. The van der Waals surface area contributed by atoms with Crippen molar-refractivity contribution in [3.05, 3.63) is 52.4 Å². The molecule has 1 saturated heterocycles. The van der Waals surface area contributed by atoms with E-state index in [1.807, 2.05) is 18.2 Å². The SMILES string of the molecule is CC1CCN(C(CNS(=O)(=O)c2sccc2Cl)c2ccccc2)CC1. The molecule has 1 aromatic carbocycles. The van der Waals surface area contributed by atoms with Crippen molar-refractivity contribution in [2.75, 3.05) is 19.6 Å². The number of halogens is 1. The Hall–Kier alpha value is -0.920. The van der Waals surface area contributed by atoms with Gasteiger partial charge in [-0.3, -0.25) is 4.90 Å².